The van der Waals surface area contributed by atoms with E-state index in [1.165, 1.54) is 12.1 Å². The zero-order chi connectivity index (χ0) is 10.9. The van der Waals surface area contributed by atoms with Gasteiger partial charge in [-0.25, -0.2) is 13.2 Å². The van der Waals surface area contributed by atoms with E-state index in [1.54, 1.807) is 0 Å². The van der Waals surface area contributed by atoms with Crippen LogP contribution < -0.4 is 5.73 Å². The van der Waals surface area contributed by atoms with E-state index >= 15 is 0 Å². The lowest BCUT2D eigenvalue weighted by atomic mass is 10.2. The molecule has 0 spiro atoms. The molecule has 0 unspecified atom stereocenters. The summed E-state index contributed by atoms with van der Waals surface area (Å²) in [6.45, 7) is 0. The van der Waals surface area contributed by atoms with Gasteiger partial charge in [0.2, 0.25) is 0 Å². The third kappa shape index (κ3) is 2.15. The van der Waals surface area contributed by atoms with Crippen molar-refractivity contribution in [3.05, 3.63) is 23.8 Å². The van der Waals surface area contributed by atoms with Crippen LogP contribution in [0.1, 0.15) is 10.4 Å². The van der Waals surface area contributed by atoms with Gasteiger partial charge in [-0.05, 0) is 18.2 Å². The summed E-state index contributed by atoms with van der Waals surface area (Å²) in [5.41, 5.74) is 5.06. The van der Waals surface area contributed by atoms with Gasteiger partial charge in [0.25, 0.3) is 9.05 Å². The predicted molar refractivity (Wildman–Crippen MR) is 50.9 cm³/mol. The van der Waals surface area contributed by atoms with E-state index in [9.17, 15) is 13.2 Å². The molecule has 76 valence electrons. The third-order valence-electron chi connectivity index (χ3n) is 1.52. The smallest absolute Gasteiger partial charge is 0.335 e. The average Bonchev–Trinajstić information content (AvgIpc) is 2.02. The standard InChI is InChI=1S/C7H6ClNO4S/c8-14(12,13)6-3-4(7(10)11)1-2-5(6)9/h1-3H,9H2,(H,10,11). The summed E-state index contributed by atoms with van der Waals surface area (Å²) in [7, 11) is 1.03. The van der Waals surface area contributed by atoms with Crippen molar-refractivity contribution >= 4 is 31.4 Å². The predicted octanol–water partition coefficient (Wildman–Crippen LogP) is 0.895. The van der Waals surface area contributed by atoms with Gasteiger partial charge in [-0.2, -0.15) is 0 Å². The molecule has 0 saturated carbocycles. The molecule has 1 aromatic rings. The summed E-state index contributed by atoms with van der Waals surface area (Å²) in [6, 6.07) is 3.29. The molecule has 1 rings (SSSR count). The minimum atomic E-state index is -4.01. The number of carboxylic acid groups (broad SMARTS) is 1. The van der Waals surface area contributed by atoms with E-state index in [2.05, 4.69) is 0 Å². The van der Waals surface area contributed by atoms with Gasteiger partial charge in [-0.1, -0.05) is 0 Å². The van der Waals surface area contributed by atoms with Crippen LogP contribution in [0.2, 0.25) is 0 Å². The summed E-state index contributed by atoms with van der Waals surface area (Å²) < 4.78 is 21.8. The van der Waals surface area contributed by atoms with Crippen LogP contribution in [-0.4, -0.2) is 19.5 Å². The Morgan fingerprint density at radius 1 is 1.43 bits per heavy atom. The maximum atomic E-state index is 10.9. The van der Waals surface area contributed by atoms with Crippen molar-refractivity contribution in [1.29, 1.82) is 0 Å². The van der Waals surface area contributed by atoms with Gasteiger partial charge in [0.05, 0.1) is 11.3 Å². The van der Waals surface area contributed by atoms with Gasteiger partial charge in [0, 0.05) is 10.7 Å². The fraction of sp³-hybridized carbons (Fsp3) is 0. The van der Waals surface area contributed by atoms with Gasteiger partial charge in [0.15, 0.2) is 0 Å². The van der Waals surface area contributed by atoms with Crippen LogP contribution in [0.3, 0.4) is 0 Å². The van der Waals surface area contributed by atoms with E-state index in [-0.39, 0.29) is 16.1 Å². The van der Waals surface area contributed by atoms with Crippen molar-refractivity contribution in [2.75, 3.05) is 5.73 Å². The van der Waals surface area contributed by atoms with Gasteiger partial charge < -0.3 is 10.8 Å². The highest BCUT2D eigenvalue weighted by molar-refractivity contribution is 8.13. The molecule has 0 aliphatic heterocycles. The molecule has 5 nitrogen and oxygen atoms in total. The maximum absolute atomic E-state index is 10.9. The van der Waals surface area contributed by atoms with Crippen molar-refractivity contribution in [2.45, 2.75) is 4.90 Å². The zero-order valence-corrected chi connectivity index (χ0v) is 8.34. The number of anilines is 1. The molecule has 0 atom stereocenters. The maximum Gasteiger partial charge on any atom is 0.335 e. The minimum absolute atomic E-state index is 0.0787. The Morgan fingerprint density at radius 2 is 2.00 bits per heavy atom. The van der Waals surface area contributed by atoms with Crippen molar-refractivity contribution in [3.8, 4) is 0 Å². The van der Waals surface area contributed by atoms with Crippen molar-refractivity contribution in [2.24, 2.45) is 0 Å². The SMILES string of the molecule is Nc1ccc(C(=O)O)cc1S(=O)(=O)Cl. The molecule has 3 N–H and O–H groups in total. The fourth-order valence-electron chi connectivity index (χ4n) is 0.879. The Hall–Kier alpha value is -1.27. The van der Waals surface area contributed by atoms with E-state index in [0.717, 1.165) is 6.07 Å². The van der Waals surface area contributed by atoms with Crippen LogP contribution in [0.4, 0.5) is 5.69 Å². The summed E-state index contributed by atoms with van der Waals surface area (Å²) in [6.07, 6.45) is 0. The van der Waals surface area contributed by atoms with Crippen LogP contribution in [0.15, 0.2) is 23.1 Å². The first kappa shape index (κ1) is 10.8. The number of carboxylic acids is 1. The second-order valence-corrected chi connectivity index (χ2v) is 5.03. The highest BCUT2D eigenvalue weighted by Gasteiger charge is 2.16. The van der Waals surface area contributed by atoms with Crippen LogP contribution in [0, 0.1) is 0 Å². The van der Waals surface area contributed by atoms with Crippen LogP contribution in [0.25, 0.3) is 0 Å². The number of halogens is 1. The molecule has 0 bridgehead atoms. The number of hydrogen-bond donors (Lipinski definition) is 2. The lowest BCUT2D eigenvalue weighted by molar-refractivity contribution is 0.0696. The monoisotopic (exact) mass is 235 g/mol. The number of nitrogen functional groups attached to an aromatic ring is 1. The molecule has 0 aliphatic carbocycles. The van der Waals surface area contributed by atoms with E-state index in [4.69, 9.17) is 21.5 Å². The van der Waals surface area contributed by atoms with Gasteiger partial charge in [-0.15, -0.1) is 0 Å². The quantitative estimate of drug-likeness (QED) is 0.586. The topological polar surface area (TPSA) is 97.5 Å². The number of carbonyl (C=O) groups is 1. The molecular weight excluding hydrogens is 230 g/mol. The normalized spacial score (nSPS) is 11.2. The van der Waals surface area contributed by atoms with E-state index in [0.29, 0.717) is 0 Å². The van der Waals surface area contributed by atoms with Gasteiger partial charge >= 0.3 is 5.97 Å². The van der Waals surface area contributed by atoms with E-state index < -0.39 is 15.0 Å². The molecule has 0 saturated heterocycles. The number of hydrogen-bond acceptors (Lipinski definition) is 4. The highest BCUT2D eigenvalue weighted by Crippen LogP contribution is 2.23. The molecule has 0 radical (unpaired) electrons. The molecule has 0 heterocycles. The molecule has 14 heavy (non-hydrogen) atoms. The van der Waals surface area contributed by atoms with E-state index in [1.807, 2.05) is 0 Å². The first-order valence-electron chi connectivity index (χ1n) is 3.40. The second-order valence-electron chi connectivity index (χ2n) is 2.50. The number of aromatic carboxylic acids is 1. The molecule has 0 aromatic heterocycles. The third-order valence-corrected chi connectivity index (χ3v) is 2.90. The van der Waals surface area contributed by atoms with Gasteiger partial charge in [0.1, 0.15) is 4.90 Å². The summed E-state index contributed by atoms with van der Waals surface area (Å²) in [4.78, 5) is 10.1. The van der Waals surface area contributed by atoms with Crippen molar-refractivity contribution < 1.29 is 18.3 Å². The van der Waals surface area contributed by atoms with Crippen LogP contribution in [-0.2, 0) is 9.05 Å². The lowest BCUT2D eigenvalue weighted by Crippen LogP contribution is -2.02. The summed E-state index contributed by atoms with van der Waals surface area (Å²) >= 11 is 0. The Bertz CT molecular complexity index is 482. The molecule has 1 aromatic carbocycles. The Morgan fingerprint density at radius 3 is 2.43 bits per heavy atom. The summed E-state index contributed by atoms with van der Waals surface area (Å²) in [5.74, 6) is -1.24. The molecule has 0 aliphatic rings. The Labute approximate surface area is 84.5 Å². The van der Waals surface area contributed by atoms with Crippen LogP contribution >= 0.6 is 10.7 Å². The number of rotatable bonds is 2. The summed E-state index contributed by atoms with van der Waals surface area (Å²) in [5, 5.41) is 8.59. The van der Waals surface area contributed by atoms with Gasteiger partial charge in [-0.3, -0.25) is 0 Å². The number of nitrogens with two attached hydrogens (primary N) is 1. The average molecular weight is 236 g/mol. The highest BCUT2D eigenvalue weighted by atomic mass is 35.7. The molecule has 0 fully saturated rings. The van der Waals surface area contributed by atoms with Crippen molar-refractivity contribution in [3.63, 3.8) is 0 Å². The van der Waals surface area contributed by atoms with Crippen LogP contribution in [0.5, 0.6) is 0 Å². The first-order chi connectivity index (χ1) is 6.32. The number of benzene rings is 1. The fourth-order valence-corrected chi connectivity index (χ4v) is 1.90. The largest absolute Gasteiger partial charge is 0.478 e. The molecule has 0 amide bonds. The Balaban J connectivity index is 3.44. The Kier molecular flexibility index (Phi) is 2.68. The lowest BCUT2D eigenvalue weighted by Gasteiger charge is -2.02. The zero-order valence-electron chi connectivity index (χ0n) is 6.77. The molecule has 7 heteroatoms. The first-order valence-corrected chi connectivity index (χ1v) is 5.71. The van der Waals surface area contributed by atoms with Crippen molar-refractivity contribution in [1.82, 2.24) is 0 Å². The molecular formula is C7H6ClNO4S. The minimum Gasteiger partial charge on any atom is -0.478 e. The second kappa shape index (κ2) is 3.47.